The van der Waals surface area contributed by atoms with Gasteiger partial charge in [-0.1, -0.05) is 0 Å². The largest absolute Gasteiger partial charge is 0.481 e. The third-order valence-corrected chi connectivity index (χ3v) is 6.93. The molecule has 3 aromatic rings. The number of carbonyl (C=O) groups is 1. The van der Waals surface area contributed by atoms with Crippen LogP contribution in [-0.4, -0.2) is 53.9 Å². The molecule has 0 aliphatic carbocycles. The Bertz CT molecular complexity index is 1270. The predicted octanol–water partition coefficient (Wildman–Crippen LogP) is 3.96. The van der Waals surface area contributed by atoms with Crippen LogP contribution >= 0.6 is 0 Å². The number of aromatic nitrogens is 2. The van der Waals surface area contributed by atoms with Gasteiger partial charge < -0.3 is 20.5 Å². The average Bonchev–Trinajstić information content (AvgIpc) is 2.90. The Labute approximate surface area is 219 Å². The molecule has 38 heavy (non-hydrogen) atoms. The Morgan fingerprint density at radius 1 is 1.18 bits per heavy atom. The molecule has 0 spiro atoms. The minimum atomic E-state index is -3.03. The molecule has 0 saturated carbocycles. The van der Waals surface area contributed by atoms with Gasteiger partial charge in [0.25, 0.3) is 5.92 Å². The number of alkyl halides is 2. The molecule has 1 aromatic carbocycles. The number of nitrogens with one attached hydrogen (secondary N) is 1. The number of methoxy groups -OCH3 is 1. The number of halogens is 3. The minimum Gasteiger partial charge on any atom is -0.481 e. The lowest BCUT2D eigenvalue weighted by molar-refractivity contribution is -0.139. The van der Waals surface area contributed by atoms with E-state index in [2.05, 4.69) is 15.3 Å². The van der Waals surface area contributed by atoms with Gasteiger partial charge in [-0.2, -0.15) is 0 Å². The Hall–Kier alpha value is -3.70. The fourth-order valence-electron chi connectivity index (χ4n) is 4.68. The number of hydrogen-bond donors (Lipinski definition) is 2. The van der Waals surface area contributed by atoms with E-state index in [1.165, 1.54) is 43.8 Å². The first-order valence-corrected chi connectivity index (χ1v) is 12.1. The molecular formula is C27H30F3N5O3. The van der Waals surface area contributed by atoms with Gasteiger partial charge in [0.2, 0.25) is 11.8 Å². The first kappa shape index (κ1) is 27.3. The number of hydrogen-bond acceptors (Lipinski definition) is 7. The molecule has 1 saturated heterocycles. The van der Waals surface area contributed by atoms with Crippen molar-refractivity contribution in [2.45, 2.75) is 37.3 Å². The van der Waals surface area contributed by atoms with Crippen LogP contribution in [-0.2, 0) is 16.9 Å². The zero-order valence-electron chi connectivity index (χ0n) is 21.4. The van der Waals surface area contributed by atoms with Crippen molar-refractivity contribution >= 4 is 5.91 Å². The zero-order chi connectivity index (χ0) is 27.5. The Morgan fingerprint density at radius 2 is 1.89 bits per heavy atom. The van der Waals surface area contributed by atoms with E-state index in [-0.39, 0.29) is 13.1 Å². The molecular weight excluding hydrogens is 499 g/mol. The van der Waals surface area contributed by atoms with E-state index in [9.17, 15) is 9.18 Å². The van der Waals surface area contributed by atoms with Crippen molar-refractivity contribution in [3.63, 3.8) is 0 Å². The highest BCUT2D eigenvalue weighted by Gasteiger charge is 2.51. The van der Waals surface area contributed by atoms with Crippen molar-refractivity contribution < 1.29 is 27.4 Å². The number of amides is 1. The summed E-state index contributed by atoms with van der Waals surface area (Å²) in [5.74, 6) is -4.25. The fourth-order valence-corrected chi connectivity index (χ4v) is 4.68. The average molecular weight is 530 g/mol. The Kier molecular flexibility index (Phi) is 7.89. The molecule has 202 valence electrons. The lowest BCUT2D eigenvalue weighted by Gasteiger charge is -2.46. The van der Waals surface area contributed by atoms with Gasteiger partial charge in [-0.05, 0) is 62.0 Å². The van der Waals surface area contributed by atoms with Crippen LogP contribution in [0.4, 0.5) is 13.2 Å². The maximum atomic E-state index is 15.2. The van der Waals surface area contributed by atoms with Gasteiger partial charge in [0.05, 0.1) is 24.9 Å². The number of ether oxygens (including phenoxy) is 2. The summed E-state index contributed by atoms with van der Waals surface area (Å²) in [4.78, 5) is 23.1. The number of nitrogens with zero attached hydrogens (tertiary/aromatic N) is 3. The quantitative estimate of drug-likeness (QED) is 0.433. The van der Waals surface area contributed by atoms with Gasteiger partial charge in [-0.3, -0.25) is 14.7 Å². The van der Waals surface area contributed by atoms with Crippen molar-refractivity contribution in [2.75, 3.05) is 27.2 Å². The van der Waals surface area contributed by atoms with Gasteiger partial charge in [-0.25, -0.2) is 18.2 Å². The van der Waals surface area contributed by atoms with Gasteiger partial charge in [0.15, 0.2) is 0 Å². The normalized spacial score (nSPS) is 18.9. The molecule has 1 aliphatic heterocycles. The predicted molar refractivity (Wildman–Crippen MR) is 135 cm³/mol. The number of benzene rings is 1. The second-order valence-corrected chi connectivity index (χ2v) is 9.35. The number of piperidine rings is 1. The van der Waals surface area contributed by atoms with E-state index in [0.717, 1.165) is 0 Å². The SMILES string of the molecule is CNCc1cc([C@H]2CN(C(C)(C(N)=O)c3ccc(Oc4ccc(F)cc4)cn3)CCC2(F)F)cnc1OC. The van der Waals surface area contributed by atoms with Crippen LogP contribution in [0.2, 0.25) is 0 Å². The van der Waals surface area contributed by atoms with Crippen LogP contribution in [0.25, 0.3) is 0 Å². The second-order valence-electron chi connectivity index (χ2n) is 9.35. The monoisotopic (exact) mass is 529 g/mol. The number of nitrogens with two attached hydrogens (primary N) is 1. The summed E-state index contributed by atoms with van der Waals surface area (Å²) >= 11 is 0. The zero-order valence-corrected chi connectivity index (χ0v) is 21.4. The summed E-state index contributed by atoms with van der Waals surface area (Å²) in [6, 6.07) is 10.3. The van der Waals surface area contributed by atoms with E-state index in [1.54, 1.807) is 37.1 Å². The topological polar surface area (TPSA) is 103 Å². The van der Waals surface area contributed by atoms with Crippen molar-refractivity contribution in [2.24, 2.45) is 5.73 Å². The molecule has 1 unspecified atom stereocenters. The van der Waals surface area contributed by atoms with Crippen molar-refractivity contribution in [1.82, 2.24) is 20.2 Å². The van der Waals surface area contributed by atoms with Gasteiger partial charge in [-0.15, -0.1) is 0 Å². The third-order valence-electron chi connectivity index (χ3n) is 6.93. The smallest absolute Gasteiger partial charge is 0.257 e. The lowest BCUT2D eigenvalue weighted by atomic mass is 9.83. The van der Waals surface area contributed by atoms with E-state index in [1.807, 2.05) is 0 Å². The fraction of sp³-hybridized carbons (Fsp3) is 0.370. The van der Waals surface area contributed by atoms with Crippen LogP contribution in [0, 0.1) is 5.82 Å². The van der Waals surface area contributed by atoms with Crippen LogP contribution in [0.5, 0.6) is 17.4 Å². The second kappa shape index (κ2) is 11.0. The minimum absolute atomic E-state index is 0.0641. The van der Waals surface area contributed by atoms with E-state index >= 15 is 8.78 Å². The van der Waals surface area contributed by atoms with E-state index in [0.29, 0.717) is 40.7 Å². The van der Waals surface area contributed by atoms with Gasteiger partial charge in [0.1, 0.15) is 22.9 Å². The Morgan fingerprint density at radius 3 is 2.50 bits per heavy atom. The molecule has 1 aliphatic rings. The first-order chi connectivity index (χ1) is 18.1. The molecule has 1 fully saturated rings. The molecule has 0 bridgehead atoms. The molecule has 2 atom stereocenters. The summed E-state index contributed by atoms with van der Waals surface area (Å²) in [6.07, 6.45) is 2.33. The molecule has 2 aromatic heterocycles. The van der Waals surface area contributed by atoms with Crippen molar-refractivity contribution in [1.29, 1.82) is 0 Å². The summed E-state index contributed by atoms with van der Waals surface area (Å²) in [5, 5.41) is 2.99. The number of likely N-dealkylation sites (tertiary alicyclic amines) is 1. The molecule has 8 nitrogen and oxygen atoms in total. The molecule has 4 rings (SSSR count). The molecule has 0 radical (unpaired) electrons. The van der Waals surface area contributed by atoms with Crippen LogP contribution in [0.1, 0.15) is 36.1 Å². The maximum absolute atomic E-state index is 15.2. The number of rotatable bonds is 9. The first-order valence-electron chi connectivity index (χ1n) is 12.1. The van der Waals surface area contributed by atoms with E-state index < -0.39 is 35.5 Å². The van der Waals surface area contributed by atoms with Crippen LogP contribution in [0.15, 0.2) is 54.9 Å². The molecule has 3 heterocycles. The van der Waals surface area contributed by atoms with E-state index in [4.69, 9.17) is 15.2 Å². The molecule has 1 amide bonds. The molecule has 11 heteroatoms. The summed E-state index contributed by atoms with van der Waals surface area (Å²) < 4.78 is 54.6. The Balaban J connectivity index is 1.62. The van der Waals surface area contributed by atoms with Crippen LogP contribution < -0.4 is 20.5 Å². The van der Waals surface area contributed by atoms with Gasteiger partial charge in [0, 0.05) is 37.8 Å². The van der Waals surface area contributed by atoms with Gasteiger partial charge >= 0.3 is 0 Å². The third kappa shape index (κ3) is 5.44. The number of primary amides is 1. The highest BCUT2D eigenvalue weighted by molar-refractivity contribution is 5.85. The van der Waals surface area contributed by atoms with Crippen molar-refractivity contribution in [3.8, 4) is 17.4 Å². The standard InChI is InChI=1S/C27H30F3N5O3/c1-26(25(31)36,23-9-8-21(15-33-23)38-20-6-4-19(28)5-7-20)35-11-10-27(29,30)22(16-35)17-12-18(13-32-2)24(37-3)34-14-17/h4-9,12,14-15,22,32H,10-11,13,16H2,1-3H3,(H2,31,36)/t22-,26?/m1/s1. The summed E-state index contributed by atoms with van der Waals surface area (Å²) in [5.41, 5.74) is 5.68. The van der Waals surface area contributed by atoms with Crippen LogP contribution in [0.3, 0.4) is 0 Å². The maximum Gasteiger partial charge on any atom is 0.257 e. The lowest BCUT2D eigenvalue weighted by Crippen LogP contribution is -2.59. The summed E-state index contributed by atoms with van der Waals surface area (Å²) in [6.45, 7) is 1.76. The van der Waals surface area contributed by atoms with Crippen molar-refractivity contribution in [3.05, 3.63) is 77.5 Å². The number of pyridine rings is 2. The number of carbonyl (C=O) groups excluding carboxylic acids is 1. The highest BCUT2D eigenvalue weighted by Crippen LogP contribution is 2.44. The highest BCUT2D eigenvalue weighted by atomic mass is 19.3. The molecule has 3 N–H and O–H groups in total. The summed E-state index contributed by atoms with van der Waals surface area (Å²) in [7, 11) is 3.21.